The topological polar surface area (TPSA) is 62.4 Å². The zero-order valence-electron chi connectivity index (χ0n) is 14.3. The zero-order chi connectivity index (χ0) is 16.9. The van der Waals surface area contributed by atoms with Gasteiger partial charge in [0, 0.05) is 30.0 Å². The van der Waals surface area contributed by atoms with Crippen LogP contribution in [0, 0.1) is 5.92 Å². The van der Waals surface area contributed by atoms with Gasteiger partial charge in [-0.25, -0.2) is 0 Å². The lowest BCUT2D eigenvalue weighted by Gasteiger charge is -2.40. The Morgan fingerprint density at radius 2 is 2.08 bits per heavy atom. The highest BCUT2D eigenvalue weighted by atomic mass is 32.2. The molecule has 0 unspecified atom stereocenters. The molecular weight excluding hydrogens is 322 g/mol. The van der Waals surface area contributed by atoms with Crippen LogP contribution in [0.2, 0.25) is 0 Å². The Morgan fingerprint density at radius 3 is 2.79 bits per heavy atom. The van der Waals surface area contributed by atoms with Gasteiger partial charge in [-0.2, -0.15) is 16.7 Å². The van der Waals surface area contributed by atoms with Crippen molar-refractivity contribution in [2.24, 2.45) is 5.92 Å². The third-order valence-electron chi connectivity index (χ3n) is 4.27. The van der Waals surface area contributed by atoms with Gasteiger partial charge in [0.05, 0.1) is 13.2 Å². The van der Waals surface area contributed by atoms with Gasteiger partial charge in [0.25, 0.3) is 0 Å². The van der Waals surface area contributed by atoms with Crippen molar-refractivity contribution in [3.8, 4) is 0 Å². The molecule has 1 aromatic heterocycles. The van der Waals surface area contributed by atoms with E-state index in [4.69, 9.17) is 4.52 Å². The molecule has 2 heterocycles. The second kappa shape index (κ2) is 8.14. The Hall–Kier alpha value is -1.37. The quantitative estimate of drug-likeness (QED) is 0.867. The second-order valence-electron chi connectivity index (χ2n) is 6.67. The Balaban J connectivity index is 1.79. The van der Waals surface area contributed by atoms with Crippen molar-refractivity contribution in [3.05, 3.63) is 47.6 Å². The van der Waals surface area contributed by atoms with E-state index in [9.17, 15) is 5.11 Å². The van der Waals surface area contributed by atoms with E-state index >= 15 is 0 Å². The summed E-state index contributed by atoms with van der Waals surface area (Å²) in [6.07, 6.45) is 0.800. The number of aliphatic hydroxyl groups excluding tert-OH is 1. The molecule has 0 aliphatic carbocycles. The molecule has 130 valence electrons. The first-order valence-electron chi connectivity index (χ1n) is 8.48. The molecule has 1 fully saturated rings. The van der Waals surface area contributed by atoms with E-state index in [2.05, 4.69) is 53.2 Å². The number of hydrogen-bond acceptors (Lipinski definition) is 6. The van der Waals surface area contributed by atoms with Crippen molar-refractivity contribution in [1.29, 1.82) is 0 Å². The summed E-state index contributed by atoms with van der Waals surface area (Å²) in [6.45, 7) is 5.03. The van der Waals surface area contributed by atoms with E-state index in [1.165, 1.54) is 5.56 Å². The van der Waals surface area contributed by atoms with E-state index in [0.717, 1.165) is 17.9 Å². The van der Waals surface area contributed by atoms with Crippen LogP contribution in [-0.2, 0) is 13.0 Å². The van der Waals surface area contributed by atoms with Crippen molar-refractivity contribution in [2.45, 2.75) is 38.9 Å². The molecule has 1 aliphatic rings. The van der Waals surface area contributed by atoms with Crippen LogP contribution < -0.4 is 0 Å². The Labute approximate surface area is 147 Å². The highest BCUT2D eigenvalue weighted by Crippen LogP contribution is 2.33. The van der Waals surface area contributed by atoms with Crippen molar-refractivity contribution in [1.82, 2.24) is 15.0 Å². The molecule has 0 radical (unpaired) electrons. The monoisotopic (exact) mass is 347 g/mol. The average molecular weight is 347 g/mol. The summed E-state index contributed by atoms with van der Waals surface area (Å²) in [5, 5.41) is 14.0. The largest absolute Gasteiger partial charge is 0.395 e. The van der Waals surface area contributed by atoms with Crippen molar-refractivity contribution in [2.75, 3.05) is 18.1 Å². The lowest BCUT2D eigenvalue weighted by Crippen LogP contribution is -2.46. The van der Waals surface area contributed by atoms with Crippen LogP contribution in [0.5, 0.6) is 0 Å². The SMILES string of the molecule is CC(C)Cc1nc(CN2[C@H](CO)CSC[C@H]2c2ccccc2)no1. The van der Waals surface area contributed by atoms with Gasteiger partial charge in [-0.05, 0) is 11.5 Å². The summed E-state index contributed by atoms with van der Waals surface area (Å²) in [7, 11) is 0. The van der Waals surface area contributed by atoms with Crippen LogP contribution >= 0.6 is 11.8 Å². The lowest BCUT2D eigenvalue weighted by molar-refractivity contribution is 0.0883. The highest BCUT2D eigenvalue weighted by molar-refractivity contribution is 7.99. The van der Waals surface area contributed by atoms with Crippen LogP contribution in [0.4, 0.5) is 0 Å². The minimum Gasteiger partial charge on any atom is -0.395 e. The number of thioether (sulfide) groups is 1. The maximum absolute atomic E-state index is 9.81. The third kappa shape index (κ3) is 4.18. The Morgan fingerprint density at radius 1 is 1.29 bits per heavy atom. The van der Waals surface area contributed by atoms with Gasteiger partial charge in [0.1, 0.15) is 0 Å². The molecule has 0 bridgehead atoms. The Kier molecular flexibility index (Phi) is 5.92. The molecule has 3 rings (SSSR count). The van der Waals surface area contributed by atoms with E-state index in [-0.39, 0.29) is 18.7 Å². The molecule has 0 saturated carbocycles. The first-order valence-corrected chi connectivity index (χ1v) is 9.63. The van der Waals surface area contributed by atoms with Crippen LogP contribution in [0.1, 0.15) is 37.2 Å². The lowest BCUT2D eigenvalue weighted by atomic mass is 10.0. The smallest absolute Gasteiger partial charge is 0.226 e. The number of hydrogen-bond donors (Lipinski definition) is 1. The molecular formula is C18H25N3O2S. The van der Waals surface area contributed by atoms with Gasteiger partial charge in [0.2, 0.25) is 5.89 Å². The van der Waals surface area contributed by atoms with Crippen LogP contribution in [0.3, 0.4) is 0 Å². The summed E-state index contributed by atoms with van der Waals surface area (Å²) in [4.78, 5) is 6.85. The van der Waals surface area contributed by atoms with Crippen LogP contribution in [0.25, 0.3) is 0 Å². The van der Waals surface area contributed by atoms with Crippen LogP contribution in [0.15, 0.2) is 34.9 Å². The van der Waals surface area contributed by atoms with E-state index < -0.39 is 0 Å². The van der Waals surface area contributed by atoms with Gasteiger partial charge in [-0.3, -0.25) is 4.90 Å². The molecule has 5 nitrogen and oxygen atoms in total. The molecule has 2 atom stereocenters. The summed E-state index contributed by atoms with van der Waals surface area (Å²) >= 11 is 1.89. The molecule has 0 spiro atoms. The molecule has 1 saturated heterocycles. The van der Waals surface area contributed by atoms with Gasteiger partial charge in [-0.15, -0.1) is 0 Å². The zero-order valence-corrected chi connectivity index (χ0v) is 15.1. The molecule has 1 aliphatic heterocycles. The third-order valence-corrected chi connectivity index (χ3v) is 5.44. The van der Waals surface area contributed by atoms with Gasteiger partial charge in [0.15, 0.2) is 5.82 Å². The average Bonchev–Trinajstić information content (AvgIpc) is 3.02. The normalized spacial score (nSPS) is 22.2. The van der Waals surface area contributed by atoms with Gasteiger partial charge in [-0.1, -0.05) is 49.3 Å². The molecule has 1 aromatic carbocycles. The van der Waals surface area contributed by atoms with E-state index in [0.29, 0.717) is 24.2 Å². The predicted octanol–water partition coefficient (Wildman–Crippen LogP) is 2.92. The number of nitrogens with zero attached hydrogens (tertiary/aromatic N) is 3. The molecule has 24 heavy (non-hydrogen) atoms. The molecule has 6 heteroatoms. The van der Waals surface area contributed by atoms with Gasteiger partial charge < -0.3 is 9.63 Å². The first kappa shape index (κ1) is 17.5. The maximum atomic E-state index is 9.81. The summed E-state index contributed by atoms with van der Waals surface area (Å²) in [5.41, 5.74) is 1.27. The fourth-order valence-electron chi connectivity index (χ4n) is 3.07. The summed E-state index contributed by atoms with van der Waals surface area (Å²) < 4.78 is 5.37. The number of aromatic nitrogens is 2. The van der Waals surface area contributed by atoms with E-state index in [1.54, 1.807) is 0 Å². The van der Waals surface area contributed by atoms with Gasteiger partial charge >= 0.3 is 0 Å². The Bertz CT molecular complexity index is 632. The standard InChI is InChI=1S/C18H25N3O2S/c1-13(2)8-18-19-17(20-23-18)9-21-15(10-22)11-24-12-16(21)14-6-4-3-5-7-14/h3-7,13,15-16,22H,8-12H2,1-2H3/t15-,16+/m1/s1. The fourth-order valence-corrected chi connectivity index (χ4v) is 4.38. The summed E-state index contributed by atoms with van der Waals surface area (Å²) in [6, 6.07) is 10.8. The predicted molar refractivity (Wildman–Crippen MR) is 95.8 cm³/mol. The second-order valence-corrected chi connectivity index (χ2v) is 7.75. The summed E-state index contributed by atoms with van der Waals surface area (Å²) in [5.74, 6) is 3.83. The number of aliphatic hydroxyl groups is 1. The van der Waals surface area contributed by atoms with Crippen molar-refractivity contribution in [3.63, 3.8) is 0 Å². The minimum atomic E-state index is 0.112. The van der Waals surface area contributed by atoms with Crippen LogP contribution in [-0.4, -0.2) is 44.3 Å². The number of benzene rings is 1. The molecule has 0 amide bonds. The maximum Gasteiger partial charge on any atom is 0.226 e. The fraction of sp³-hybridized carbons (Fsp3) is 0.556. The van der Waals surface area contributed by atoms with Crippen molar-refractivity contribution >= 4 is 11.8 Å². The first-order chi connectivity index (χ1) is 11.7. The van der Waals surface area contributed by atoms with Crippen molar-refractivity contribution < 1.29 is 9.63 Å². The molecule has 2 aromatic rings. The highest BCUT2D eigenvalue weighted by Gasteiger charge is 2.32. The van der Waals surface area contributed by atoms with E-state index in [1.807, 2.05) is 17.8 Å². The molecule has 1 N–H and O–H groups in total. The minimum absolute atomic E-state index is 0.112. The number of rotatable bonds is 6.